The predicted molar refractivity (Wildman–Crippen MR) is 100 cm³/mol. The van der Waals surface area contributed by atoms with Gasteiger partial charge in [-0.1, -0.05) is 0 Å². The highest BCUT2D eigenvalue weighted by molar-refractivity contribution is 7.11. The van der Waals surface area contributed by atoms with Crippen molar-refractivity contribution in [2.45, 2.75) is 34.2 Å². The molecule has 2 rings (SSSR count). The predicted octanol–water partition coefficient (Wildman–Crippen LogP) is 4.18. The molecule has 0 fully saturated rings. The highest BCUT2D eigenvalue weighted by Crippen LogP contribution is 2.39. The highest BCUT2D eigenvalue weighted by atomic mass is 32.1. The summed E-state index contributed by atoms with van der Waals surface area (Å²) in [6, 6.07) is 7.47. The molecule has 1 aromatic heterocycles. The first-order chi connectivity index (χ1) is 12.1. The SMILES string of the molecule is CCOc1cc(C(=O)NCc2ccc(C)s2)cc(OCC)c1OCC. The lowest BCUT2D eigenvalue weighted by molar-refractivity contribution is 0.0950. The normalized spacial score (nSPS) is 10.4. The zero-order valence-corrected chi connectivity index (χ0v) is 16.0. The number of hydrogen-bond donors (Lipinski definition) is 1. The van der Waals surface area contributed by atoms with Crippen LogP contribution >= 0.6 is 11.3 Å². The van der Waals surface area contributed by atoms with Crippen LogP contribution in [0.5, 0.6) is 17.2 Å². The number of carbonyl (C=O) groups is 1. The van der Waals surface area contributed by atoms with Crippen molar-refractivity contribution >= 4 is 17.2 Å². The summed E-state index contributed by atoms with van der Waals surface area (Å²) < 4.78 is 17.0. The fourth-order valence-electron chi connectivity index (χ4n) is 2.37. The molecule has 1 aromatic carbocycles. The van der Waals surface area contributed by atoms with Gasteiger partial charge in [-0.25, -0.2) is 0 Å². The van der Waals surface area contributed by atoms with Crippen LogP contribution in [0.25, 0.3) is 0 Å². The lowest BCUT2D eigenvalue weighted by Crippen LogP contribution is -2.22. The zero-order chi connectivity index (χ0) is 18.2. The zero-order valence-electron chi connectivity index (χ0n) is 15.2. The third kappa shape index (κ3) is 5.13. The molecule has 1 amide bonds. The van der Waals surface area contributed by atoms with E-state index in [4.69, 9.17) is 14.2 Å². The Balaban J connectivity index is 2.24. The largest absolute Gasteiger partial charge is 0.490 e. The minimum atomic E-state index is -0.170. The first-order valence-electron chi connectivity index (χ1n) is 8.48. The number of nitrogens with one attached hydrogen (secondary N) is 1. The molecule has 0 aliphatic heterocycles. The van der Waals surface area contributed by atoms with Crippen LogP contribution in [0.4, 0.5) is 0 Å². The van der Waals surface area contributed by atoms with Crippen molar-refractivity contribution in [2.75, 3.05) is 19.8 Å². The van der Waals surface area contributed by atoms with Gasteiger partial charge in [0.25, 0.3) is 5.91 Å². The molecule has 5 nitrogen and oxygen atoms in total. The summed E-state index contributed by atoms with van der Waals surface area (Å²) in [7, 11) is 0. The average molecular weight is 363 g/mol. The maximum atomic E-state index is 12.5. The smallest absolute Gasteiger partial charge is 0.251 e. The average Bonchev–Trinajstić information content (AvgIpc) is 3.01. The van der Waals surface area contributed by atoms with E-state index in [2.05, 4.69) is 5.32 Å². The van der Waals surface area contributed by atoms with Crippen molar-refractivity contribution in [2.24, 2.45) is 0 Å². The molecule has 136 valence electrons. The minimum absolute atomic E-state index is 0.170. The molecule has 1 N–H and O–H groups in total. The quantitative estimate of drug-likeness (QED) is 0.726. The van der Waals surface area contributed by atoms with Gasteiger partial charge in [-0.15, -0.1) is 11.3 Å². The maximum Gasteiger partial charge on any atom is 0.251 e. The van der Waals surface area contributed by atoms with E-state index in [9.17, 15) is 4.79 Å². The first-order valence-corrected chi connectivity index (χ1v) is 9.30. The Morgan fingerprint density at radius 2 is 1.60 bits per heavy atom. The summed E-state index contributed by atoms with van der Waals surface area (Å²) in [4.78, 5) is 14.9. The molecule has 0 bridgehead atoms. The number of benzene rings is 1. The minimum Gasteiger partial charge on any atom is -0.490 e. The van der Waals surface area contributed by atoms with Crippen LogP contribution in [0, 0.1) is 6.92 Å². The van der Waals surface area contributed by atoms with Gasteiger partial charge in [0.15, 0.2) is 11.5 Å². The second kappa shape index (κ2) is 9.32. The van der Waals surface area contributed by atoms with Gasteiger partial charge in [-0.2, -0.15) is 0 Å². The van der Waals surface area contributed by atoms with Gasteiger partial charge < -0.3 is 19.5 Å². The summed E-state index contributed by atoms with van der Waals surface area (Å²) in [5.74, 6) is 1.41. The molecule has 0 saturated carbocycles. The Bertz CT molecular complexity index is 684. The van der Waals surface area contributed by atoms with E-state index in [1.807, 2.05) is 39.8 Å². The third-order valence-corrected chi connectivity index (χ3v) is 4.39. The summed E-state index contributed by atoms with van der Waals surface area (Å²) in [6.07, 6.45) is 0. The molecule has 0 radical (unpaired) electrons. The van der Waals surface area contributed by atoms with Crippen LogP contribution in [0.1, 0.15) is 40.9 Å². The molecule has 0 spiro atoms. The van der Waals surface area contributed by atoms with Crippen LogP contribution in [0.3, 0.4) is 0 Å². The number of amides is 1. The van der Waals surface area contributed by atoms with Gasteiger partial charge in [0.2, 0.25) is 5.75 Å². The first kappa shape index (κ1) is 19.1. The molecular formula is C19H25NO4S. The molecule has 0 aliphatic carbocycles. The van der Waals surface area contributed by atoms with E-state index in [0.717, 1.165) is 4.88 Å². The number of thiophene rings is 1. The van der Waals surface area contributed by atoms with Crippen molar-refractivity contribution in [3.05, 3.63) is 39.6 Å². The molecular weight excluding hydrogens is 338 g/mol. The summed E-state index contributed by atoms with van der Waals surface area (Å²) >= 11 is 1.67. The van der Waals surface area contributed by atoms with E-state index in [1.165, 1.54) is 4.88 Å². The maximum absolute atomic E-state index is 12.5. The van der Waals surface area contributed by atoms with Crippen LogP contribution in [-0.4, -0.2) is 25.7 Å². The Morgan fingerprint density at radius 1 is 1.00 bits per heavy atom. The fraction of sp³-hybridized carbons (Fsp3) is 0.421. The van der Waals surface area contributed by atoms with Gasteiger partial charge in [0, 0.05) is 15.3 Å². The third-order valence-electron chi connectivity index (χ3n) is 3.39. The molecule has 2 aromatic rings. The molecule has 6 heteroatoms. The van der Waals surface area contributed by atoms with E-state index < -0.39 is 0 Å². The van der Waals surface area contributed by atoms with Crippen LogP contribution < -0.4 is 19.5 Å². The lowest BCUT2D eigenvalue weighted by atomic mass is 10.1. The summed E-state index contributed by atoms with van der Waals surface area (Å²) in [5.41, 5.74) is 0.489. The van der Waals surface area contributed by atoms with Crippen molar-refractivity contribution < 1.29 is 19.0 Å². The van der Waals surface area contributed by atoms with Crippen molar-refractivity contribution in [1.29, 1.82) is 0 Å². The molecule has 0 aliphatic rings. The molecule has 0 unspecified atom stereocenters. The van der Waals surface area contributed by atoms with Gasteiger partial charge in [-0.05, 0) is 52.0 Å². The van der Waals surface area contributed by atoms with Crippen molar-refractivity contribution in [1.82, 2.24) is 5.32 Å². The second-order valence-electron chi connectivity index (χ2n) is 5.30. The van der Waals surface area contributed by atoms with Crippen LogP contribution in [0.2, 0.25) is 0 Å². The van der Waals surface area contributed by atoms with E-state index in [-0.39, 0.29) is 5.91 Å². The van der Waals surface area contributed by atoms with E-state index >= 15 is 0 Å². The summed E-state index contributed by atoms with van der Waals surface area (Å²) in [6.45, 7) is 9.67. The number of aryl methyl sites for hydroxylation is 1. The number of ether oxygens (including phenoxy) is 3. The van der Waals surface area contributed by atoms with Crippen LogP contribution in [-0.2, 0) is 6.54 Å². The number of carbonyl (C=O) groups excluding carboxylic acids is 1. The van der Waals surface area contributed by atoms with Gasteiger partial charge in [0.05, 0.1) is 26.4 Å². The Labute approximate surface area is 152 Å². The number of hydrogen-bond acceptors (Lipinski definition) is 5. The topological polar surface area (TPSA) is 56.8 Å². The fourth-order valence-corrected chi connectivity index (χ4v) is 3.20. The lowest BCUT2D eigenvalue weighted by Gasteiger charge is -2.17. The molecule has 1 heterocycles. The van der Waals surface area contributed by atoms with E-state index in [0.29, 0.717) is 49.2 Å². The molecule has 25 heavy (non-hydrogen) atoms. The standard InChI is InChI=1S/C19H25NO4S/c1-5-22-16-10-14(11-17(23-6-2)18(16)24-7-3)19(21)20-12-15-9-8-13(4)25-15/h8-11H,5-7,12H2,1-4H3,(H,20,21). The Morgan fingerprint density at radius 3 is 2.08 bits per heavy atom. The van der Waals surface area contributed by atoms with Gasteiger partial charge in [0.1, 0.15) is 0 Å². The Kier molecular flexibility index (Phi) is 7.13. The Hall–Kier alpha value is -2.21. The van der Waals surface area contributed by atoms with E-state index in [1.54, 1.807) is 23.5 Å². The number of rotatable bonds is 9. The van der Waals surface area contributed by atoms with Crippen molar-refractivity contribution in [3.8, 4) is 17.2 Å². The molecule has 0 saturated heterocycles. The van der Waals surface area contributed by atoms with Gasteiger partial charge in [-0.3, -0.25) is 4.79 Å². The second-order valence-corrected chi connectivity index (χ2v) is 6.67. The van der Waals surface area contributed by atoms with Gasteiger partial charge >= 0.3 is 0 Å². The van der Waals surface area contributed by atoms with Crippen molar-refractivity contribution in [3.63, 3.8) is 0 Å². The monoisotopic (exact) mass is 363 g/mol. The summed E-state index contributed by atoms with van der Waals surface area (Å²) in [5, 5.41) is 2.94. The molecule has 0 atom stereocenters. The van der Waals surface area contributed by atoms with Crippen LogP contribution in [0.15, 0.2) is 24.3 Å². The highest BCUT2D eigenvalue weighted by Gasteiger charge is 2.18.